The van der Waals surface area contributed by atoms with Gasteiger partial charge in [0.1, 0.15) is 19.0 Å². The van der Waals surface area contributed by atoms with Gasteiger partial charge in [0.05, 0.1) is 0 Å². The van der Waals surface area contributed by atoms with Crippen molar-refractivity contribution in [2.45, 2.75) is 20.5 Å². The summed E-state index contributed by atoms with van der Waals surface area (Å²) in [5, 5.41) is 0. The van der Waals surface area contributed by atoms with Crippen LogP contribution in [0.1, 0.15) is 18.4 Å². The molecule has 0 aliphatic carbocycles. The summed E-state index contributed by atoms with van der Waals surface area (Å²) in [6, 6.07) is 0. The Morgan fingerprint density at radius 3 is 2.62 bits per heavy atom. The lowest BCUT2D eigenvalue weighted by Gasteiger charge is -1.96. The monoisotopic (exact) mass is 186 g/mol. The van der Waals surface area contributed by atoms with E-state index in [1.54, 1.807) is 6.92 Å². The highest BCUT2D eigenvalue weighted by Crippen LogP contribution is 2.05. The third kappa shape index (κ3) is 2.87. The first-order chi connectivity index (χ1) is 6.09. The van der Waals surface area contributed by atoms with Crippen molar-refractivity contribution in [3.05, 3.63) is 22.1 Å². The Bertz CT molecular complexity index is 346. The Hall–Kier alpha value is -1.36. The number of ketones is 1. The molecule has 0 amide bonds. The van der Waals surface area contributed by atoms with Crippen LogP contribution in [-0.4, -0.2) is 12.4 Å². The first-order valence-corrected chi connectivity index (χ1v) is 3.76. The minimum Gasteiger partial charge on any atom is -0.396 e. The third-order valence-corrected chi connectivity index (χ3v) is 1.37. The minimum atomic E-state index is -0.751. The predicted octanol–water partition coefficient (Wildman–Crippen LogP) is 0.647. The van der Waals surface area contributed by atoms with E-state index < -0.39 is 5.82 Å². The second-order valence-electron chi connectivity index (χ2n) is 2.63. The molecule has 0 aliphatic heterocycles. The number of Topliss-reactive ketones (excluding diaryl/α,β-unsaturated/α-hetero) is 1. The van der Waals surface area contributed by atoms with Gasteiger partial charge in [-0.15, -0.1) is 0 Å². The van der Waals surface area contributed by atoms with Crippen LogP contribution in [0.25, 0.3) is 0 Å². The summed E-state index contributed by atoms with van der Waals surface area (Å²) in [4.78, 5) is 21.0. The lowest BCUT2D eigenvalue weighted by atomic mass is 10.4. The fourth-order valence-electron chi connectivity index (χ4n) is 0.794. The highest BCUT2D eigenvalue weighted by Gasteiger charge is 2.08. The number of aryl methyl sites for hydroxylation is 1. The van der Waals surface area contributed by atoms with Crippen LogP contribution in [0.4, 0.5) is 0 Å². The topological polar surface area (TPSA) is 69.7 Å². The van der Waals surface area contributed by atoms with Crippen molar-refractivity contribution in [1.29, 1.82) is 0 Å². The molecule has 0 atom stereocenters. The maximum absolute atomic E-state index is 10.6. The summed E-state index contributed by atoms with van der Waals surface area (Å²) in [6.45, 7) is 3.10. The van der Waals surface area contributed by atoms with E-state index in [1.807, 2.05) is 0 Å². The van der Waals surface area contributed by atoms with Gasteiger partial charge < -0.3 is 13.6 Å². The van der Waals surface area contributed by atoms with Gasteiger partial charge >= 0.3 is 5.82 Å². The Balaban J connectivity index is 2.50. The molecule has 0 aromatic carbocycles. The number of hydrogen-bond acceptors (Lipinski definition) is 5. The standard InChI is InChI=1S/C8H10O5/c1-5(9)3-11-4-7-6(2)12-8(10)13-7/h3-4H2,1-2H3. The molecule has 1 rings (SSSR count). The Kier molecular flexibility index (Phi) is 3.02. The summed E-state index contributed by atoms with van der Waals surface area (Å²) in [5.41, 5.74) is 0. The molecule has 0 fully saturated rings. The second kappa shape index (κ2) is 4.04. The SMILES string of the molecule is CC(=O)COCc1oc(=O)oc1C. The van der Waals surface area contributed by atoms with Gasteiger partial charge in [-0.05, 0) is 13.8 Å². The largest absolute Gasteiger partial charge is 0.519 e. The lowest BCUT2D eigenvalue weighted by molar-refractivity contribution is -0.122. The van der Waals surface area contributed by atoms with Gasteiger partial charge in [-0.25, -0.2) is 4.79 Å². The quantitative estimate of drug-likeness (QED) is 0.690. The predicted molar refractivity (Wildman–Crippen MR) is 42.3 cm³/mol. The van der Waals surface area contributed by atoms with E-state index in [2.05, 4.69) is 8.83 Å². The Morgan fingerprint density at radius 1 is 1.46 bits per heavy atom. The molecule has 0 saturated carbocycles. The molecule has 0 radical (unpaired) electrons. The highest BCUT2D eigenvalue weighted by molar-refractivity contribution is 5.76. The normalized spacial score (nSPS) is 10.3. The first-order valence-electron chi connectivity index (χ1n) is 3.76. The average molecular weight is 186 g/mol. The zero-order valence-electron chi connectivity index (χ0n) is 7.46. The van der Waals surface area contributed by atoms with Crippen molar-refractivity contribution in [2.24, 2.45) is 0 Å². The van der Waals surface area contributed by atoms with E-state index in [1.165, 1.54) is 6.92 Å². The van der Waals surface area contributed by atoms with Crippen LogP contribution >= 0.6 is 0 Å². The van der Waals surface area contributed by atoms with Gasteiger partial charge in [-0.3, -0.25) is 4.79 Å². The summed E-state index contributed by atoms with van der Waals surface area (Å²) in [5.74, 6) is -0.123. The molecule has 1 heterocycles. The number of carbonyl (C=O) groups is 1. The van der Waals surface area contributed by atoms with Crippen LogP contribution in [0, 0.1) is 6.92 Å². The van der Waals surface area contributed by atoms with Crippen LogP contribution in [0.3, 0.4) is 0 Å². The van der Waals surface area contributed by atoms with Gasteiger partial charge in [-0.2, -0.15) is 0 Å². The number of rotatable bonds is 4. The molecule has 0 saturated heterocycles. The summed E-state index contributed by atoms with van der Waals surface area (Å²) in [6.07, 6.45) is 0. The van der Waals surface area contributed by atoms with Crippen molar-refractivity contribution in [2.75, 3.05) is 6.61 Å². The van der Waals surface area contributed by atoms with E-state index in [4.69, 9.17) is 4.74 Å². The van der Waals surface area contributed by atoms with Gasteiger partial charge in [0.2, 0.25) is 0 Å². The van der Waals surface area contributed by atoms with Crippen molar-refractivity contribution < 1.29 is 18.4 Å². The number of carbonyl (C=O) groups excluding carboxylic acids is 1. The molecular weight excluding hydrogens is 176 g/mol. The Labute approximate surface area is 74.3 Å². The molecule has 0 bridgehead atoms. The zero-order valence-corrected chi connectivity index (χ0v) is 7.46. The maximum atomic E-state index is 10.6. The fourth-order valence-corrected chi connectivity index (χ4v) is 0.794. The van der Waals surface area contributed by atoms with Gasteiger partial charge in [0.15, 0.2) is 11.5 Å². The van der Waals surface area contributed by atoms with Crippen molar-refractivity contribution >= 4 is 5.78 Å². The lowest BCUT2D eigenvalue weighted by Crippen LogP contribution is -2.03. The molecule has 1 aromatic rings. The zero-order chi connectivity index (χ0) is 9.84. The van der Waals surface area contributed by atoms with Crippen molar-refractivity contribution in [1.82, 2.24) is 0 Å². The van der Waals surface area contributed by atoms with E-state index >= 15 is 0 Å². The molecule has 5 nitrogen and oxygen atoms in total. The summed E-state index contributed by atoms with van der Waals surface area (Å²) < 4.78 is 14.2. The van der Waals surface area contributed by atoms with Gasteiger partial charge in [0.25, 0.3) is 0 Å². The molecule has 0 N–H and O–H groups in total. The van der Waals surface area contributed by atoms with E-state index in [9.17, 15) is 9.59 Å². The number of hydrogen-bond donors (Lipinski definition) is 0. The molecule has 0 unspecified atom stereocenters. The highest BCUT2D eigenvalue weighted by atomic mass is 16.6. The minimum absolute atomic E-state index is 0.00826. The third-order valence-electron chi connectivity index (χ3n) is 1.37. The molecule has 5 heteroatoms. The number of ether oxygens (including phenoxy) is 1. The molecule has 1 aromatic heterocycles. The average Bonchev–Trinajstić information content (AvgIpc) is 2.29. The molecular formula is C8H10O5. The van der Waals surface area contributed by atoms with Crippen molar-refractivity contribution in [3.8, 4) is 0 Å². The van der Waals surface area contributed by atoms with E-state index in [-0.39, 0.29) is 19.0 Å². The van der Waals surface area contributed by atoms with Crippen LogP contribution in [0.5, 0.6) is 0 Å². The van der Waals surface area contributed by atoms with Crippen LogP contribution in [0.15, 0.2) is 13.6 Å². The second-order valence-corrected chi connectivity index (χ2v) is 2.63. The van der Waals surface area contributed by atoms with Gasteiger partial charge in [-0.1, -0.05) is 0 Å². The first kappa shape index (κ1) is 9.73. The van der Waals surface area contributed by atoms with E-state index in [0.717, 1.165) is 0 Å². The molecule has 0 spiro atoms. The van der Waals surface area contributed by atoms with Crippen molar-refractivity contribution in [3.63, 3.8) is 0 Å². The van der Waals surface area contributed by atoms with Crippen LogP contribution in [-0.2, 0) is 16.1 Å². The van der Waals surface area contributed by atoms with Crippen LogP contribution < -0.4 is 5.82 Å². The molecule has 0 aliphatic rings. The summed E-state index contributed by atoms with van der Waals surface area (Å²) in [7, 11) is 0. The van der Waals surface area contributed by atoms with Crippen LogP contribution in [0.2, 0.25) is 0 Å². The Morgan fingerprint density at radius 2 is 2.15 bits per heavy atom. The summed E-state index contributed by atoms with van der Waals surface area (Å²) >= 11 is 0. The maximum Gasteiger partial charge on any atom is 0.519 e. The fraction of sp³-hybridized carbons (Fsp3) is 0.500. The molecule has 13 heavy (non-hydrogen) atoms. The van der Waals surface area contributed by atoms with E-state index in [0.29, 0.717) is 11.5 Å². The smallest absolute Gasteiger partial charge is 0.396 e. The van der Waals surface area contributed by atoms with Gasteiger partial charge in [0, 0.05) is 0 Å². The molecule has 72 valence electrons.